The van der Waals surface area contributed by atoms with E-state index in [0.29, 0.717) is 6.42 Å². The Morgan fingerprint density at radius 1 is 1.00 bits per heavy atom. The van der Waals surface area contributed by atoms with Crippen LogP contribution in [-0.4, -0.2) is 23.4 Å². The summed E-state index contributed by atoms with van der Waals surface area (Å²) in [7, 11) is 0. The van der Waals surface area contributed by atoms with Crippen molar-refractivity contribution in [3.05, 3.63) is 60.2 Å². The second kappa shape index (κ2) is 10.8. The Balaban J connectivity index is 1.64. The zero-order chi connectivity index (χ0) is 22.3. The van der Waals surface area contributed by atoms with E-state index in [9.17, 15) is 9.59 Å². The van der Waals surface area contributed by atoms with Gasteiger partial charge in [-0.2, -0.15) is 0 Å². The van der Waals surface area contributed by atoms with Crippen molar-refractivity contribution in [2.45, 2.75) is 69.4 Å². The Kier molecular flexibility index (Phi) is 8.15. The largest absolute Gasteiger partial charge is 0.344 e. The number of hydrogen-bond donors (Lipinski definition) is 3. The minimum Gasteiger partial charge on any atom is -0.344 e. The van der Waals surface area contributed by atoms with Crippen LogP contribution < -0.4 is 15.4 Å². The van der Waals surface area contributed by atoms with E-state index in [1.165, 1.54) is 0 Å². The Hall–Kier alpha value is -2.31. The van der Waals surface area contributed by atoms with Gasteiger partial charge in [0.25, 0.3) is 0 Å². The van der Waals surface area contributed by atoms with Gasteiger partial charge in [-0.05, 0) is 75.4 Å². The van der Waals surface area contributed by atoms with Crippen LogP contribution in [0.15, 0.2) is 59.5 Å². The maximum Gasteiger partial charge on any atom is 0.247 e. The molecule has 1 saturated carbocycles. The third kappa shape index (κ3) is 7.71. The molecule has 2 aromatic rings. The van der Waals surface area contributed by atoms with Crippen molar-refractivity contribution < 1.29 is 9.59 Å². The summed E-state index contributed by atoms with van der Waals surface area (Å²) in [4.78, 5) is 26.8. The molecule has 5 nitrogen and oxygen atoms in total. The summed E-state index contributed by atoms with van der Waals surface area (Å²) in [5.41, 5.74) is 1.76. The number of carbonyl (C=O) groups excluding carboxylic acids is 2. The fourth-order valence-corrected chi connectivity index (χ4v) is 4.28. The normalized spacial score (nSPS) is 15.5. The Bertz CT molecular complexity index is 857. The average molecular weight is 440 g/mol. The predicted octanol–water partition coefficient (Wildman–Crippen LogP) is 4.94. The van der Waals surface area contributed by atoms with Crippen molar-refractivity contribution in [3.63, 3.8) is 0 Å². The van der Waals surface area contributed by atoms with Crippen molar-refractivity contribution in [1.82, 2.24) is 10.0 Å². The lowest BCUT2D eigenvalue weighted by Gasteiger charge is -2.21. The first-order valence-corrected chi connectivity index (χ1v) is 11.8. The van der Waals surface area contributed by atoms with Gasteiger partial charge in [0.15, 0.2) is 0 Å². The maximum atomic E-state index is 13.1. The van der Waals surface area contributed by atoms with Crippen LogP contribution in [0.2, 0.25) is 0 Å². The lowest BCUT2D eigenvalue weighted by molar-refractivity contribution is -0.129. The van der Waals surface area contributed by atoms with Gasteiger partial charge < -0.3 is 10.6 Å². The van der Waals surface area contributed by atoms with Gasteiger partial charge in [0.1, 0.15) is 6.04 Å². The second-order valence-corrected chi connectivity index (χ2v) is 10.1. The van der Waals surface area contributed by atoms with E-state index in [2.05, 4.69) is 36.1 Å². The number of nitrogens with one attached hydrogen (secondary N) is 3. The summed E-state index contributed by atoms with van der Waals surface area (Å²) in [6.45, 7) is 6.34. The topological polar surface area (TPSA) is 70.2 Å². The molecule has 166 valence electrons. The van der Waals surface area contributed by atoms with Gasteiger partial charge in [0.05, 0.1) is 0 Å². The zero-order valence-electron chi connectivity index (χ0n) is 18.6. The van der Waals surface area contributed by atoms with Crippen LogP contribution in [0.25, 0.3) is 0 Å². The van der Waals surface area contributed by atoms with Crippen LogP contribution in [0, 0.1) is 5.92 Å². The number of carbonyl (C=O) groups is 2. The van der Waals surface area contributed by atoms with Crippen LogP contribution in [0.4, 0.5) is 5.69 Å². The molecule has 2 amide bonds. The molecule has 0 spiro atoms. The molecule has 3 N–H and O–H groups in total. The molecule has 0 aromatic heterocycles. The van der Waals surface area contributed by atoms with Gasteiger partial charge in [0.2, 0.25) is 11.8 Å². The van der Waals surface area contributed by atoms with E-state index in [-0.39, 0.29) is 23.3 Å². The van der Waals surface area contributed by atoms with Crippen LogP contribution in [-0.2, 0) is 16.0 Å². The van der Waals surface area contributed by atoms with Crippen LogP contribution in [0.3, 0.4) is 0 Å². The van der Waals surface area contributed by atoms with Gasteiger partial charge in [-0.3, -0.25) is 14.3 Å². The van der Waals surface area contributed by atoms with Crippen molar-refractivity contribution >= 4 is 29.4 Å². The van der Waals surface area contributed by atoms with Crippen molar-refractivity contribution in [2.24, 2.45) is 5.92 Å². The first-order valence-electron chi connectivity index (χ1n) is 11.0. The molecular formula is C25H33N3O2S. The predicted molar refractivity (Wildman–Crippen MR) is 128 cm³/mol. The lowest BCUT2D eigenvalue weighted by Crippen LogP contribution is -2.47. The first-order chi connectivity index (χ1) is 14.8. The number of rotatable bonds is 8. The van der Waals surface area contributed by atoms with Gasteiger partial charge in [-0.15, -0.1) is 0 Å². The molecule has 0 radical (unpaired) electrons. The highest BCUT2D eigenvalue weighted by Gasteiger charge is 2.28. The Morgan fingerprint density at radius 3 is 2.26 bits per heavy atom. The van der Waals surface area contributed by atoms with Gasteiger partial charge in [0, 0.05) is 28.5 Å². The minimum atomic E-state index is -0.605. The highest BCUT2D eigenvalue weighted by atomic mass is 32.2. The highest BCUT2D eigenvalue weighted by molar-refractivity contribution is 7.97. The monoisotopic (exact) mass is 439 g/mol. The van der Waals surface area contributed by atoms with E-state index in [4.69, 9.17) is 0 Å². The number of hydrogen-bond acceptors (Lipinski definition) is 4. The van der Waals surface area contributed by atoms with Gasteiger partial charge >= 0.3 is 0 Å². The van der Waals surface area contributed by atoms with Crippen LogP contribution >= 0.6 is 11.9 Å². The molecule has 1 atom stereocenters. The Labute approximate surface area is 189 Å². The highest BCUT2D eigenvalue weighted by Crippen LogP contribution is 2.25. The molecule has 0 heterocycles. The molecule has 2 aromatic carbocycles. The summed E-state index contributed by atoms with van der Waals surface area (Å²) in [5, 5.41) is 5.99. The van der Waals surface area contributed by atoms with E-state index >= 15 is 0 Å². The fraction of sp³-hybridized carbons (Fsp3) is 0.440. The van der Waals surface area contributed by atoms with E-state index < -0.39 is 6.04 Å². The molecule has 3 rings (SSSR count). The summed E-state index contributed by atoms with van der Waals surface area (Å²) < 4.78 is 3.37. The molecule has 6 heteroatoms. The fourth-order valence-electron chi connectivity index (χ4n) is 3.58. The molecule has 1 fully saturated rings. The Morgan fingerprint density at radius 2 is 1.65 bits per heavy atom. The van der Waals surface area contributed by atoms with Gasteiger partial charge in [-0.25, -0.2) is 0 Å². The lowest BCUT2D eigenvalue weighted by atomic mass is 10.0. The zero-order valence-corrected chi connectivity index (χ0v) is 19.4. The summed E-state index contributed by atoms with van der Waals surface area (Å²) in [5.74, 6) is -0.172. The molecule has 0 bridgehead atoms. The van der Waals surface area contributed by atoms with Crippen LogP contribution in [0.1, 0.15) is 52.0 Å². The second-order valence-electron chi connectivity index (χ2n) is 9.20. The number of anilines is 1. The molecule has 0 unspecified atom stereocenters. The summed E-state index contributed by atoms with van der Waals surface area (Å²) in [6.07, 6.45) is 4.46. The molecule has 1 aliphatic rings. The number of amides is 2. The SMILES string of the molecule is CC(C)(C)NSc1ccc(NC(=O)[C@H](Cc2ccccc2)NC(=O)C2CCCC2)cc1. The van der Waals surface area contributed by atoms with Crippen LogP contribution in [0.5, 0.6) is 0 Å². The van der Waals surface area contributed by atoms with E-state index in [1.807, 2.05) is 54.6 Å². The van der Waals surface area contributed by atoms with E-state index in [0.717, 1.165) is 41.8 Å². The molecule has 1 aliphatic carbocycles. The standard InChI is InChI=1S/C25H33N3O2S/c1-25(2,3)28-31-21-15-13-20(14-16-21)26-24(30)22(17-18-9-5-4-6-10-18)27-23(29)19-11-7-8-12-19/h4-6,9-10,13-16,19,22,28H,7-8,11-12,17H2,1-3H3,(H,26,30)(H,27,29)/t22-/m0/s1. The third-order valence-electron chi connectivity index (χ3n) is 5.24. The summed E-state index contributed by atoms with van der Waals surface area (Å²) >= 11 is 1.57. The average Bonchev–Trinajstić information content (AvgIpc) is 3.28. The molecule has 0 aliphatic heterocycles. The minimum absolute atomic E-state index is 0.00594. The smallest absolute Gasteiger partial charge is 0.247 e. The van der Waals surface area contributed by atoms with E-state index in [1.54, 1.807) is 11.9 Å². The third-order valence-corrected chi connectivity index (χ3v) is 6.46. The van der Waals surface area contributed by atoms with Crippen molar-refractivity contribution in [3.8, 4) is 0 Å². The van der Waals surface area contributed by atoms with Crippen molar-refractivity contribution in [2.75, 3.05) is 5.32 Å². The first kappa shape index (κ1) is 23.4. The molecule has 0 saturated heterocycles. The molecule has 31 heavy (non-hydrogen) atoms. The molecular weight excluding hydrogens is 406 g/mol. The van der Waals surface area contributed by atoms with Gasteiger partial charge in [-0.1, -0.05) is 43.2 Å². The van der Waals surface area contributed by atoms with Crippen molar-refractivity contribution in [1.29, 1.82) is 0 Å². The maximum absolute atomic E-state index is 13.1. The number of benzene rings is 2. The summed E-state index contributed by atoms with van der Waals surface area (Å²) in [6, 6.07) is 16.9. The quantitative estimate of drug-likeness (QED) is 0.510.